The summed E-state index contributed by atoms with van der Waals surface area (Å²) in [5.74, 6) is 0. The van der Waals surface area contributed by atoms with Gasteiger partial charge >= 0.3 is 0 Å². The highest BCUT2D eigenvalue weighted by Gasteiger charge is 1.88. The largest absolute Gasteiger partial charge is 0.465 e. The van der Waals surface area contributed by atoms with Gasteiger partial charge in [-0.05, 0) is 19.1 Å². The van der Waals surface area contributed by atoms with Crippen LogP contribution in [0.25, 0.3) is 0 Å². The molecule has 0 unspecified atom stereocenters. The average molecular weight is 147 g/mol. The van der Waals surface area contributed by atoms with Gasteiger partial charge in [-0.2, -0.15) is 4.99 Å². The second-order valence-corrected chi connectivity index (χ2v) is 1.64. The number of amidine groups is 1. The van der Waals surface area contributed by atoms with Crippen molar-refractivity contribution < 1.29 is 4.74 Å². The van der Waals surface area contributed by atoms with Crippen LogP contribution in [0.15, 0.2) is 4.99 Å². The molecule has 0 saturated heterocycles. The molecule has 52 valence electrons. The van der Waals surface area contributed by atoms with Crippen molar-refractivity contribution in [1.29, 1.82) is 0 Å². The van der Waals surface area contributed by atoms with E-state index in [2.05, 4.69) is 17.2 Å². The maximum Gasteiger partial charge on any atom is 0.289 e. The summed E-state index contributed by atoms with van der Waals surface area (Å²) in [6.07, 6.45) is 0. The zero-order valence-corrected chi connectivity index (χ0v) is 5.94. The van der Waals surface area contributed by atoms with Gasteiger partial charge < -0.3 is 16.2 Å². The summed E-state index contributed by atoms with van der Waals surface area (Å²) in [4.78, 5) is 3.45. The van der Waals surface area contributed by atoms with E-state index in [0.29, 0.717) is 6.61 Å². The molecular formula is C4H9N3OS. The van der Waals surface area contributed by atoms with Crippen LogP contribution < -0.4 is 11.5 Å². The molecule has 5 heteroatoms. The Morgan fingerprint density at radius 2 is 2.22 bits per heavy atom. The smallest absolute Gasteiger partial charge is 0.289 e. The lowest BCUT2D eigenvalue weighted by Crippen LogP contribution is -2.20. The molecule has 0 heterocycles. The fourth-order valence-corrected chi connectivity index (χ4v) is 0.379. The Balaban J connectivity index is 3.69. The second-order valence-electron chi connectivity index (χ2n) is 1.22. The molecule has 0 aromatic rings. The molecule has 0 aliphatic rings. The molecule has 0 spiro atoms. The molecule has 4 N–H and O–H groups in total. The van der Waals surface area contributed by atoms with Crippen LogP contribution in [-0.2, 0) is 4.74 Å². The normalized spacial score (nSPS) is 11.0. The predicted molar refractivity (Wildman–Crippen MR) is 40.0 cm³/mol. The molecular weight excluding hydrogens is 138 g/mol. The van der Waals surface area contributed by atoms with E-state index >= 15 is 0 Å². The van der Waals surface area contributed by atoms with E-state index in [0.717, 1.165) is 0 Å². The van der Waals surface area contributed by atoms with E-state index in [-0.39, 0.29) is 11.1 Å². The molecule has 0 rings (SSSR count). The third kappa shape index (κ3) is 5.02. The van der Waals surface area contributed by atoms with Crippen LogP contribution in [0.4, 0.5) is 0 Å². The first kappa shape index (κ1) is 8.16. The number of ether oxygens (including phenoxy) is 1. The van der Waals surface area contributed by atoms with E-state index in [1.807, 2.05) is 0 Å². The van der Waals surface area contributed by atoms with Gasteiger partial charge in [0.15, 0.2) is 5.11 Å². The van der Waals surface area contributed by atoms with Crippen molar-refractivity contribution in [2.75, 3.05) is 6.61 Å². The lowest BCUT2D eigenvalue weighted by molar-refractivity contribution is 0.322. The van der Waals surface area contributed by atoms with Crippen LogP contribution in [0.3, 0.4) is 0 Å². The zero-order valence-electron chi connectivity index (χ0n) is 5.13. The first-order valence-corrected chi connectivity index (χ1v) is 2.84. The van der Waals surface area contributed by atoms with Crippen molar-refractivity contribution in [3.8, 4) is 0 Å². The summed E-state index contributed by atoms with van der Waals surface area (Å²) in [5, 5.41) is -0.0130. The highest BCUT2D eigenvalue weighted by Crippen LogP contribution is 1.74. The van der Waals surface area contributed by atoms with Gasteiger partial charge in [0.2, 0.25) is 0 Å². The number of nitrogens with two attached hydrogens (primary N) is 2. The van der Waals surface area contributed by atoms with Crippen LogP contribution in [0.5, 0.6) is 0 Å². The van der Waals surface area contributed by atoms with Crippen molar-refractivity contribution in [2.24, 2.45) is 16.5 Å². The van der Waals surface area contributed by atoms with E-state index in [4.69, 9.17) is 16.2 Å². The highest BCUT2D eigenvalue weighted by atomic mass is 32.1. The van der Waals surface area contributed by atoms with E-state index in [9.17, 15) is 0 Å². The number of hydrogen-bond acceptors (Lipinski definition) is 2. The van der Waals surface area contributed by atoms with Gasteiger partial charge in [0.25, 0.3) is 6.02 Å². The molecule has 0 atom stereocenters. The Bertz CT molecular complexity index is 134. The molecule has 0 radical (unpaired) electrons. The molecule has 0 aromatic carbocycles. The standard InChI is InChI=1S/C4H9N3OS/c1-2-8-3(5)7-4(6)9/h2H2,1H3,(H4,5,6,7,9). The summed E-state index contributed by atoms with van der Waals surface area (Å²) in [6, 6.07) is 0.0185. The molecule has 0 fully saturated rings. The lowest BCUT2D eigenvalue weighted by Gasteiger charge is -1.97. The van der Waals surface area contributed by atoms with Crippen molar-refractivity contribution >= 4 is 23.4 Å². The summed E-state index contributed by atoms with van der Waals surface area (Å²) >= 11 is 4.42. The zero-order chi connectivity index (χ0) is 7.28. The predicted octanol–water partition coefficient (Wildman–Crippen LogP) is -0.419. The summed E-state index contributed by atoms with van der Waals surface area (Å²) in [6.45, 7) is 2.26. The number of rotatable bonds is 1. The fourth-order valence-electron chi connectivity index (χ4n) is 0.289. The summed E-state index contributed by atoms with van der Waals surface area (Å²) < 4.78 is 4.71. The Kier molecular flexibility index (Phi) is 3.70. The topological polar surface area (TPSA) is 73.6 Å². The van der Waals surface area contributed by atoms with Gasteiger partial charge in [-0.15, -0.1) is 0 Å². The minimum atomic E-state index is -0.0130. The van der Waals surface area contributed by atoms with Gasteiger partial charge in [-0.3, -0.25) is 0 Å². The average Bonchev–Trinajstić information content (AvgIpc) is 1.63. The van der Waals surface area contributed by atoms with Crippen LogP contribution in [0.2, 0.25) is 0 Å². The molecule has 0 bridgehead atoms. The van der Waals surface area contributed by atoms with Crippen LogP contribution in [-0.4, -0.2) is 17.7 Å². The minimum absolute atomic E-state index is 0.0130. The van der Waals surface area contributed by atoms with Gasteiger partial charge in [-0.25, -0.2) is 0 Å². The maximum atomic E-state index is 5.15. The molecule has 0 saturated carbocycles. The lowest BCUT2D eigenvalue weighted by atomic mass is 10.9. The molecule has 0 amide bonds. The van der Waals surface area contributed by atoms with Gasteiger partial charge in [0.1, 0.15) is 0 Å². The first-order chi connectivity index (χ1) is 4.16. The van der Waals surface area contributed by atoms with Crippen molar-refractivity contribution in [3.05, 3.63) is 0 Å². The summed E-state index contributed by atoms with van der Waals surface area (Å²) in [5.41, 5.74) is 10.2. The van der Waals surface area contributed by atoms with Crippen LogP contribution in [0, 0.1) is 0 Å². The van der Waals surface area contributed by atoms with Crippen LogP contribution in [0.1, 0.15) is 6.92 Å². The third-order valence-electron chi connectivity index (χ3n) is 0.513. The highest BCUT2D eigenvalue weighted by molar-refractivity contribution is 7.80. The van der Waals surface area contributed by atoms with Crippen LogP contribution >= 0.6 is 12.2 Å². The molecule has 0 aromatic heterocycles. The first-order valence-electron chi connectivity index (χ1n) is 2.43. The number of nitrogens with zero attached hydrogens (tertiary/aromatic N) is 1. The third-order valence-corrected chi connectivity index (χ3v) is 0.604. The number of aliphatic imine (C=N–C) groups is 1. The second kappa shape index (κ2) is 4.08. The monoisotopic (exact) mass is 147 g/mol. The Hall–Kier alpha value is -0.840. The number of thiocarbonyl (C=S) groups is 1. The van der Waals surface area contributed by atoms with Crippen molar-refractivity contribution in [2.45, 2.75) is 6.92 Å². The minimum Gasteiger partial charge on any atom is -0.465 e. The SMILES string of the molecule is CCO/C(N)=N/C(N)=S. The summed E-state index contributed by atoms with van der Waals surface area (Å²) in [7, 11) is 0. The van der Waals surface area contributed by atoms with Gasteiger partial charge in [0.05, 0.1) is 6.61 Å². The van der Waals surface area contributed by atoms with Gasteiger partial charge in [0, 0.05) is 0 Å². The van der Waals surface area contributed by atoms with E-state index < -0.39 is 0 Å². The molecule has 9 heavy (non-hydrogen) atoms. The number of hydrogen-bond donors (Lipinski definition) is 2. The molecule has 0 aliphatic heterocycles. The van der Waals surface area contributed by atoms with Crippen molar-refractivity contribution in [1.82, 2.24) is 0 Å². The Labute approximate surface area is 58.9 Å². The fraction of sp³-hybridized carbons (Fsp3) is 0.500. The maximum absolute atomic E-state index is 5.15. The Morgan fingerprint density at radius 3 is 2.56 bits per heavy atom. The quantitative estimate of drug-likeness (QED) is 0.300. The Morgan fingerprint density at radius 1 is 1.67 bits per heavy atom. The van der Waals surface area contributed by atoms with Crippen molar-refractivity contribution in [3.63, 3.8) is 0 Å². The van der Waals surface area contributed by atoms with E-state index in [1.165, 1.54) is 0 Å². The molecule has 0 aliphatic carbocycles. The van der Waals surface area contributed by atoms with E-state index in [1.54, 1.807) is 6.92 Å². The van der Waals surface area contributed by atoms with Gasteiger partial charge in [-0.1, -0.05) is 0 Å². The molecule has 4 nitrogen and oxygen atoms in total.